The lowest BCUT2D eigenvalue weighted by Crippen LogP contribution is -1.95. The third-order valence-corrected chi connectivity index (χ3v) is 8.24. The average molecular weight is 479 g/mol. The summed E-state index contributed by atoms with van der Waals surface area (Å²) in [5.74, 6) is 1.93. The molecule has 0 aromatic carbocycles. The minimum Gasteiger partial charge on any atom is -0.0654 e. The summed E-state index contributed by atoms with van der Waals surface area (Å²) in [7, 11) is 0. The lowest BCUT2D eigenvalue weighted by molar-refractivity contribution is 0.425. The number of unbranched alkanes of at least 4 members (excludes halogenated alkanes) is 21. The van der Waals surface area contributed by atoms with Crippen LogP contribution in [0, 0.1) is 11.8 Å². The third-order valence-electron chi connectivity index (χ3n) is 8.24. The van der Waals surface area contributed by atoms with E-state index < -0.39 is 0 Å². The van der Waals surface area contributed by atoms with Crippen molar-refractivity contribution in [2.24, 2.45) is 11.8 Å². The molecule has 0 aromatic heterocycles. The molecule has 0 rings (SSSR count). The lowest BCUT2D eigenvalue weighted by atomic mass is 9.95. The SMILES string of the molecule is CCCCCCCCCCCC(C)CCCCCCCCCCCC(C)CCCCCCCC. The van der Waals surface area contributed by atoms with Crippen LogP contribution in [0.1, 0.15) is 207 Å². The zero-order valence-electron chi connectivity index (χ0n) is 25.0. The van der Waals surface area contributed by atoms with Crippen LogP contribution in [0.5, 0.6) is 0 Å². The smallest absolute Gasteiger partial charge is 0.0443 e. The van der Waals surface area contributed by atoms with Crippen LogP contribution in [0.15, 0.2) is 0 Å². The summed E-state index contributed by atoms with van der Waals surface area (Å²) in [4.78, 5) is 0. The molecule has 0 N–H and O–H groups in total. The van der Waals surface area contributed by atoms with E-state index >= 15 is 0 Å². The minimum absolute atomic E-state index is 0.966. The molecule has 0 amide bonds. The van der Waals surface area contributed by atoms with E-state index in [-0.39, 0.29) is 0 Å². The van der Waals surface area contributed by atoms with Gasteiger partial charge in [0.05, 0.1) is 0 Å². The molecule has 0 aromatic rings. The standard InChI is InChI=1S/C34H70/c1-5-7-9-11-13-15-18-22-26-31-34(4)32-28-24-20-17-14-16-19-23-27-30-33(3)29-25-21-12-10-8-6-2/h33-34H,5-32H2,1-4H3. The van der Waals surface area contributed by atoms with Gasteiger partial charge in [0.1, 0.15) is 0 Å². The molecule has 0 heteroatoms. The first-order valence-corrected chi connectivity index (χ1v) is 16.7. The monoisotopic (exact) mass is 479 g/mol. The van der Waals surface area contributed by atoms with Gasteiger partial charge in [0, 0.05) is 0 Å². The topological polar surface area (TPSA) is 0 Å². The molecule has 0 saturated heterocycles. The summed E-state index contributed by atoms with van der Waals surface area (Å²) in [6.07, 6.45) is 41.1. The van der Waals surface area contributed by atoms with Crippen LogP contribution in [-0.4, -0.2) is 0 Å². The van der Waals surface area contributed by atoms with Gasteiger partial charge in [-0.3, -0.25) is 0 Å². The van der Waals surface area contributed by atoms with Crippen molar-refractivity contribution in [2.75, 3.05) is 0 Å². The van der Waals surface area contributed by atoms with Gasteiger partial charge in [0.25, 0.3) is 0 Å². The Morgan fingerprint density at radius 1 is 0.265 bits per heavy atom. The van der Waals surface area contributed by atoms with Crippen LogP contribution >= 0.6 is 0 Å². The van der Waals surface area contributed by atoms with E-state index in [1.165, 1.54) is 180 Å². The molecule has 0 aliphatic carbocycles. The van der Waals surface area contributed by atoms with E-state index in [0.717, 1.165) is 11.8 Å². The van der Waals surface area contributed by atoms with E-state index in [1.807, 2.05) is 0 Å². The molecular formula is C34H70. The van der Waals surface area contributed by atoms with E-state index in [0.29, 0.717) is 0 Å². The van der Waals surface area contributed by atoms with Crippen molar-refractivity contribution in [2.45, 2.75) is 207 Å². The fraction of sp³-hybridized carbons (Fsp3) is 1.00. The second kappa shape index (κ2) is 29.2. The van der Waals surface area contributed by atoms with Crippen molar-refractivity contribution in [3.8, 4) is 0 Å². The van der Waals surface area contributed by atoms with Crippen molar-refractivity contribution >= 4 is 0 Å². The van der Waals surface area contributed by atoms with Crippen LogP contribution in [-0.2, 0) is 0 Å². The molecule has 0 saturated carbocycles. The van der Waals surface area contributed by atoms with Gasteiger partial charge in [-0.2, -0.15) is 0 Å². The summed E-state index contributed by atoms with van der Waals surface area (Å²) in [6.45, 7) is 9.61. The molecule has 0 bridgehead atoms. The van der Waals surface area contributed by atoms with Crippen LogP contribution in [0.25, 0.3) is 0 Å². The average Bonchev–Trinajstić information content (AvgIpc) is 2.83. The highest BCUT2D eigenvalue weighted by atomic mass is 14.1. The van der Waals surface area contributed by atoms with Gasteiger partial charge < -0.3 is 0 Å². The van der Waals surface area contributed by atoms with Gasteiger partial charge in [-0.05, 0) is 11.8 Å². The van der Waals surface area contributed by atoms with Gasteiger partial charge in [0.15, 0.2) is 0 Å². The van der Waals surface area contributed by atoms with E-state index in [1.54, 1.807) is 0 Å². The lowest BCUT2D eigenvalue weighted by Gasteiger charge is -2.11. The molecule has 0 fully saturated rings. The highest BCUT2D eigenvalue weighted by Gasteiger charge is 2.03. The second-order valence-corrected chi connectivity index (χ2v) is 12.1. The van der Waals surface area contributed by atoms with Crippen molar-refractivity contribution in [3.05, 3.63) is 0 Å². The summed E-state index contributed by atoms with van der Waals surface area (Å²) in [6, 6.07) is 0. The molecule has 0 spiro atoms. The van der Waals surface area contributed by atoms with Crippen molar-refractivity contribution in [1.82, 2.24) is 0 Å². The maximum Gasteiger partial charge on any atom is -0.0443 e. The fourth-order valence-electron chi connectivity index (χ4n) is 5.59. The molecule has 2 atom stereocenters. The van der Waals surface area contributed by atoms with Gasteiger partial charge in [0.2, 0.25) is 0 Å². The van der Waals surface area contributed by atoms with Gasteiger partial charge in [-0.15, -0.1) is 0 Å². The Labute approximate surface area is 219 Å². The Bertz CT molecular complexity index is 346. The number of hydrogen-bond donors (Lipinski definition) is 0. The van der Waals surface area contributed by atoms with Crippen LogP contribution < -0.4 is 0 Å². The normalized spacial score (nSPS) is 13.4. The van der Waals surface area contributed by atoms with Crippen LogP contribution in [0.2, 0.25) is 0 Å². The first kappa shape index (κ1) is 34.0. The molecule has 206 valence electrons. The maximum atomic E-state index is 2.50. The Hall–Kier alpha value is 0. The minimum atomic E-state index is 0.966. The number of rotatable bonds is 29. The van der Waals surface area contributed by atoms with Gasteiger partial charge in [-0.25, -0.2) is 0 Å². The number of hydrogen-bond acceptors (Lipinski definition) is 0. The van der Waals surface area contributed by atoms with Crippen molar-refractivity contribution in [3.63, 3.8) is 0 Å². The van der Waals surface area contributed by atoms with Gasteiger partial charge >= 0.3 is 0 Å². The predicted octanol–water partition coefficient (Wildman–Crippen LogP) is 13.2. The van der Waals surface area contributed by atoms with Crippen molar-refractivity contribution in [1.29, 1.82) is 0 Å². The molecule has 2 unspecified atom stereocenters. The van der Waals surface area contributed by atoms with Crippen LogP contribution in [0.3, 0.4) is 0 Å². The Kier molecular flexibility index (Phi) is 29.2. The van der Waals surface area contributed by atoms with E-state index in [4.69, 9.17) is 0 Å². The zero-order chi connectivity index (χ0) is 25.0. The Morgan fingerprint density at radius 2 is 0.441 bits per heavy atom. The summed E-state index contributed by atoms with van der Waals surface area (Å²) < 4.78 is 0. The highest BCUT2D eigenvalue weighted by Crippen LogP contribution is 2.20. The summed E-state index contributed by atoms with van der Waals surface area (Å²) in [5, 5.41) is 0. The second-order valence-electron chi connectivity index (χ2n) is 12.1. The molecule has 0 aliphatic heterocycles. The summed E-state index contributed by atoms with van der Waals surface area (Å²) >= 11 is 0. The Morgan fingerprint density at radius 3 is 0.647 bits per heavy atom. The largest absolute Gasteiger partial charge is 0.0654 e. The van der Waals surface area contributed by atoms with E-state index in [2.05, 4.69) is 27.7 Å². The van der Waals surface area contributed by atoms with Gasteiger partial charge in [-0.1, -0.05) is 207 Å². The quantitative estimate of drug-likeness (QED) is 0.0937. The predicted molar refractivity (Wildman–Crippen MR) is 159 cm³/mol. The zero-order valence-corrected chi connectivity index (χ0v) is 25.0. The highest BCUT2D eigenvalue weighted by molar-refractivity contribution is 4.58. The molecule has 0 heterocycles. The molecule has 0 nitrogen and oxygen atoms in total. The van der Waals surface area contributed by atoms with E-state index in [9.17, 15) is 0 Å². The molecule has 0 aliphatic rings. The first-order chi connectivity index (χ1) is 16.7. The first-order valence-electron chi connectivity index (χ1n) is 16.7. The summed E-state index contributed by atoms with van der Waals surface area (Å²) in [5.41, 5.74) is 0. The molecule has 0 radical (unpaired) electrons. The third kappa shape index (κ3) is 28.2. The van der Waals surface area contributed by atoms with Crippen molar-refractivity contribution < 1.29 is 0 Å². The molecular weight excluding hydrogens is 408 g/mol. The maximum absolute atomic E-state index is 2.50. The Balaban J connectivity index is 3.21. The fourth-order valence-corrected chi connectivity index (χ4v) is 5.59. The molecule has 34 heavy (non-hydrogen) atoms. The van der Waals surface area contributed by atoms with Crippen LogP contribution in [0.4, 0.5) is 0 Å².